The number of carbonyl (C=O) groups excluding carboxylic acids is 1. The van der Waals surface area contributed by atoms with Crippen LogP contribution in [0.5, 0.6) is 0 Å². The average Bonchev–Trinajstić information content (AvgIpc) is 2.33. The molecular weight excluding hydrogens is 256 g/mol. The first-order chi connectivity index (χ1) is 8.49. The Morgan fingerprint density at radius 3 is 2.67 bits per heavy atom. The summed E-state index contributed by atoms with van der Waals surface area (Å²) < 4.78 is 0. The molecule has 0 fully saturated rings. The van der Waals surface area contributed by atoms with Gasteiger partial charge in [0.25, 0.3) is 0 Å². The SMILES string of the molecule is CCC(CN)C(=O)Nc1cc(C(=O)O)ccc1Cl. The number of nitrogens with two attached hydrogens (primary N) is 1. The van der Waals surface area contributed by atoms with E-state index < -0.39 is 5.97 Å². The van der Waals surface area contributed by atoms with Crippen molar-refractivity contribution in [2.24, 2.45) is 11.7 Å². The Balaban J connectivity index is 2.93. The minimum atomic E-state index is -1.08. The molecular formula is C12H15ClN2O3. The maximum Gasteiger partial charge on any atom is 0.335 e. The Kier molecular flexibility index (Phi) is 5.12. The van der Waals surface area contributed by atoms with Crippen LogP contribution in [-0.2, 0) is 4.79 Å². The highest BCUT2D eigenvalue weighted by Crippen LogP contribution is 2.23. The van der Waals surface area contributed by atoms with Crippen LogP contribution in [0.2, 0.25) is 5.02 Å². The number of hydrogen-bond donors (Lipinski definition) is 3. The predicted octanol–water partition coefficient (Wildman–Crippen LogP) is 1.96. The van der Waals surface area contributed by atoms with Gasteiger partial charge in [0.15, 0.2) is 0 Å². The Morgan fingerprint density at radius 1 is 1.50 bits per heavy atom. The molecule has 0 spiro atoms. The number of amides is 1. The maximum atomic E-state index is 11.8. The molecule has 1 atom stereocenters. The van der Waals surface area contributed by atoms with Crippen molar-refractivity contribution in [2.45, 2.75) is 13.3 Å². The molecule has 98 valence electrons. The highest BCUT2D eigenvalue weighted by Gasteiger charge is 2.16. The standard InChI is InChI=1S/C12H15ClN2O3/c1-2-7(6-14)11(16)15-10-5-8(12(17)18)3-4-9(10)13/h3-5,7H,2,6,14H2,1H3,(H,15,16)(H,17,18). The Labute approximate surface area is 110 Å². The lowest BCUT2D eigenvalue weighted by Crippen LogP contribution is -2.28. The van der Waals surface area contributed by atoms with E-state index in [2.05, 4.69) is 5.32 Å². The van der Waals surface area contributed by atoms with E-state index in [-0.39, 0.29) is 29.6 Å². The number of aromatic carboxylic acids is 1. The molecule has 0 aliphatic carbocycles. The molecule has 0 aromatic heterocycles. The van der Waals surface area contributed by atoms with Crippen LogP contribution in [0.25, 0.3) is 0 Å². The van der Waals surface area contributed by atoms with Crippen LogP contribution in [0.1, 0.15) is 23.7 Å². The molecule has 18 heavy (non-hydrogen) atoms. The van der Waals surface area contributed by atoms with Crippen molar-refractivity contribution in [3.05, 3.63) is 28.8 Å². The summed E-state index contributed by atoms with van der Waals surface area (Å²) in [6.45, 7) is 2.09. The van der Waals surface area contributed by atoms with Gasteiger partial charge in [-0.15, -0.1) is 0 Å². The number of carboxylic acids is 1. The van der Waals surface area contributed by atoms with E-state index >= 15 is 0 Å². The third-order valence-electron chi connectivity index (χ3n) is 2.62. The smallest absolute Gasteiger partial charge is 0.335 e. The van der Waals surface area contributed by atoms with E-state index in [0.29, 0.717) is 11.4 Å². The lowest BCUT2D eigenvalue weighted by atomic mass is 10.1. The van der Waals surface area contributed by atoms with Crippen LogP contribution in [0.3, 0.4) is 0 Å². The van der Waals surface area contributed by atoms with Crippen LogP contribution in [0, 0.1) is 5.92 Å². The Morgan fingerprint density at radius 2 is 2.17 bits per heavy atom. The van der Waals surface area contributed by atoms with Gasteiger partial charge in [-0.2, -0.15) is 0 Å². The zero-order valence-electron chi connectivity index (χ0n) is 9.94. The molecule has 6 heteroatoms. The van der Waals surface area contributed by atoms with Gasteiger partial charge in [0.05, 0.1) is 22.2 Å². The number of hydrogen-bond acceptors (Lipinski definition) is 3. The van der Waals surface area contributed by atoms with Crippen LogP contribution in [-0.4, -0.2) is 23.5 Å². The van der Waals surface area contributed by atoms with Crippen molar-refractivity contribution < 1.29 is 14.7 Å². The minimum Gasteiger partial charge on any atom is -0.478 e. The van der Waals surface area contributed by atoms with Crippen molar-refractivity contribution in [3.8, 4) is 0 Å². The third-order valence-corrected chi connectivity index (χ3v) is 2.95. The fourth-order valence-corrected chi connectivity index (χ4v) is 1.61. The van der Waals surface area contributed by atoms with Crippen molar-refractivity contribution in [1.82, 2.24) is 0 Å². The van der Waals surface area contributed by atoms with Crippen molar-refractivity contribution in [2.75, 3.05) is 11.9 Å². The summed E-state index contributed by atoms with van der Waals surface area (Å²) in [6.07, 6.45) is 0.610. The maximum absolute atomic E-state index is 11.8. The number of carboxylic acid groups (broad SMARTS) is 1. The molecule has 0 heterocycles. The van der Waals surface area contributed by atoms with Gasteiger partial charge in [-0.3, -0.25) is 4.79 Å². The molecule has 1 aromatic rings. The van der Waals surface area contributed by atoms with Gasteiger partial charge in [-0.1, -0.05) is 18.5 Å². The zero-order chi connectivity index (χ0) is 13.7. The predicted molar refractivity (Wildman–Crippen MR) is 69.9 cm³/mol. The number of anilines is 1. The highest BCUT2D eigenvalue weighted by molar-refractivity contribution is 6.33. The number of benzene rings is 1. The van der Waals surface area contributed by atoms with E-state index in [1.54, 1.807) is 0 Å². The van der Waals surface area contributed by atoms with E-state index in [1.807, 2.05) is 6.92 Å². The van der Waals surface area contributed by atoms with Gasteiger partial charge in [-0.05, 0) is 24.6 Å². The van der Waals surface area contributed by atoms with Gasteiger partial charge in [-0.25, -0.2) is 4.79 Å². The summed E-state index contributed by atoms with van der Waals surface area (Å²) in [5, 5.41) is 11.7. The molecule has 0 saturated carbocycles. The minimum absolute atomic E-state index is 0.0653. The fraction of sp³-hybridized carbons (Fsp3) is 0.333. The van der Waals surface area contributed by atoms with E-state index in [0.717, 1.165) is 0 Å². The quantitative estimate of drug-likeness (QED) is 0.762. The molecule has 5 nitrogen and oxygen atoms in total. The Hall–Kier alpha value is -1.59. The second-order valence-corrected chi connectivity index (χ2v) is 4.24. The normalized spacial score (nSPS) is 11.9. The molecule has 1 amide bonds. The molecule has 0 aliphatic rings. The molecule has 0 radical (unpaired) electrons. The summed E-state index contributed by atoms with van der Waals surface area (Å²) in [6, 6.07) is 4.14. The summed E-state index contributed by atoms with van der Waals surface area (Å²) in [5.41, 5.74) is 5.82. The van der Waals surface area contributed by atoms with Gasteiger partial charge in [0.2, 0.25) is 5.91 Å². The highest BCUT2D eigenvalue weighted by atomic mass is 35.5. The number of carbonyl (C=O) groups is 2. The molecule has 0 saturated heterocycles. The first-order valence-corrected chi connectivity index (χ1v) is 5.91. The van der Waals surface area contributed by atoms with Crippen LogP contribution >= 0.6 is 11.6 Å². The zero-order valence-corrected chi connectivity index (χ0v) is 10.7. The lowest BCUT2D eigenvalue weighted by molar-refractivity contribution is -0.119. The first-order valence-electron chi connectivity index (χ1n) is 5.53. The number of nitrogens with one attached hydrogen (secondary N) is 1. The molecule has 1 rings (SSSR count). The van der Waals surface area contributed by atoms with E-state index in [9.17, 15) is 9.59 Å². The van der Waals surface area contributed by atoms with Crippen LogP contribution < -0.4 is 11.1 Å². The van der Waals surface area contributed by atoms with Gasteiger partial charge in [0.1, 0.15) is 0 Å². The van der Waals surface area contributed by atoms with Gasteiger partial charge < -0.3 is 16.2 Å². The molecule has 1 aromatic carbocycles. The molecule has 1 unspecified atom stereocenters. The largest absolute Gasteiger partial charge is 0.478 e. The molecule has 0 bridgehead atoms. The second-order valence-electron chi connectivity index (χ2n) is 3.83. The van der Waals surface area contributed by atoms with Crippen molar-refractivity contribution >= 4 is 29.2 Å². The monoisotopic (exact) mass is 270 g/mol. The average molecular weight is 271 g/mol. The van der Waals surface area contributed by atoms with Crippen molar-refractivity contribution in [1.29, 1.82) is 0 Å². The lowest BCUT2D eigenvalue weighted by Gasteiger charge is -2.13. The number of halogens is 1. The molecule has 4 N–H and O–H groups in total. The van der Waals surface area contributed by atoms with Crippen molar-refractivity contribution in [3.63, 3.8) is 0 Å². The first kappa shape index (κ1) is 14.5. The van der Waals surface area contributed by atoms with E-state index in [4.69, 9.17) is 22.4 Å². The Bertz CT molecular complexity index is 459. The van der Waals surface area contributed by atoms with Crippen LogP contribution in [0.4, 0.5) is 5.69 Å². The second kappa shape index (κ2) is 6.37. The summed E-state index contributed by atoms with van der Waals surface area (Å²) >= 11 is 5.90. The summed E-state index contributed by atoms with van der Waals surface area (Å²) in [5.74, 6) is -1.65. The van der Waals surface area contributed by atoms with Crippen LogP contribution in [0.15, 0.2) is 18.2 Å². The summed E-state index contributed by atoms with van der Waals surface area (Å²) in [4.78, 5) is 22.6. The van der Waals surface area contributed by atoms with Gasteiger partial charge >= 0.3 is 5.97 Å². The third kappa shape index (κ3) is 3.45. The van der Waals surface area contributed by atoms with E-state index in [1.165, 1.54) is 18.2 Å². The topological polar surface area (TPSA) is 92.4 Å². The summed E-state index contributed by atoms with van der Waals surface area (Å²) in [7, 11) is 0. The number of rotatable bonds is 5. The fourth-order valence-electron chi connectivity index (χ4n) is 1.45. The molecule has 0 aliphatic heterocycles. The van der Waals surface area contributed by atoms with Gasteiger partial charge in [0, 0.05) is 6.54 Å².